The molecule has 0 unspecified atom stereocenters. The smallest absolute Gasteiger partial charge is 0.223 e. The summed E-state index contributed by atoms with van der Waals surface area (Å²) < 4.78 is 0. The molecule has 0 radical (unpaired) electrons. The number of rotatable bonds is 4. The third-order valence-corrected chi connectivity index (χ3v) is 3.85. The van der Waals surface area contributed by atoms with Crippen LogP contribution in [0.3, 0.4) is 0 Å². The van der Waals surface area contributed by atoms with Crippen molar-refractivity contribution in [1.29, 1.82) is 0 Å². The Morgan fingerprint density at radius 2 is 2.00 bits per heavy atom. The van der Waals surface area contributed by atoms with Crippen molar-refractivity contribution in [2.45, 2.75) is 19.8 Å². The number of ketones is 1. The number of amides is 1. The fourth-order valence-electron chi connectivity index (χ4n) is 2.50. The van der Waals surface area contributed by atoms with E-state index in [0.717, 1.165) is 31.5 Å². The second kappa shape index (κ2) is 6.66. The van der Waals surface area contributed by atoms with Crippen molar-refractivity contribution in [1.82, 2.24) is 10.2 Å². The Balaban J connectivity index is 1.82. The first kappa shape index (κ1) is 14.7. The van der Waals surface area contributed by atoms with Crippen LogP contribution in [-0.2, 0) is 4.79 Å². The lowest BCUT2D eigenvalue weighted by Gasteiger charge is -2.27. The van der Waals surface area contributed by atoms with Gasteiger partial charge in [-0.2, -0.15) is 0 Å². The van der Waals surface area contributed by atoms with E-state index in [2.05, 4.69) is 17.3 Å². The number of piperidine rings is 1. The molecule has 108 valence electrons. The van der Waals surface area contributed by atoms with Gasteiger partial charge in [0, 0.05) is 11.5 Å². The number of carbonyl (C=O) groups excluding carboxylic acids is 2. The molecule has 1 N–H and O–H groups in total. The monoisotopic (exact) mass is 274 g/mol. The first-order valence-corrected chi connectivity index (χ1v) is 7.12. The van der Waals surface area contributed by atoms with Gasteiger partial charge in [0.05, 0.1) is 6.54 Å². The molecule has 1 aromatic carbocycles. The van der Waals surface area contributed by atoms with Crippen molar-refractivity contribution in [3.8, 4) is 0 Å². The first-order valence-electron chi connectivity index (χ1n) is 7.12. The zero-order valence-electron chi connectivity index (χ0n) is 12.2. The molecule has 4 heteroatoms. The van der Waals surface area contributed by atoms with Crippen LogP contribution in [0.4, 0.5) is 0 Å². The predicted octanol–water partition coefficient (Wildman–Crippen LogP) is 1.64. The number of hydrogen-bond acceptors (Lipinski definition) is 3. The third kappa shape index (κ3) is 3.90. The zero-order chi connectivity index (χ0) is 14.5. The molecule has 0 bridgehead atoms. The van der Waals surface area contributed by atoms with Crippen molar-refractivity contribution < 1.29 is 9.59 Å². The number of carbonyl (C=O) groups is 2. The Bertz CT molecular complexity index is 491. The van der Waals surface area contributed by atoms with Crippen LogP contribution < -0.4 is 5.32 Å². The highest BCUT2D eigenvalue weighted by atomic mass is 16.2. The molecular weight excluding hydrogens is 252 g/mol. The van der Waals surface area contributed by atoms with Crippen LogP contribution in [0.25, 0.3) is 0 Å². The quantitative estimate of drug-likeness (QED) is 0.849. The zero-order valence-corrected chi connectivity index (χ0v) is 12.2. The van der Waals surface area contributed by atoms with Crippen molar-refractivity contribution in [2.24, 2.45) is 5.92 Å². The molecule has 1 amide bonds. The van der Waals surface area contributed by atoms with Gasteiger partial charge in [-0.1, -0.05) is 23.8 Å². The molecule has 1 heterocycles. The standard InChI is InChI=1S/C16H22N2O2/c1-12-4-3-5-14(10-12)15(19)11-17-16(20)13-6-8-18(2)9-7-13/h3-5,10,13H,6-9,11H2,1-2H3,(H,17,20). The van der Waals surface area contributed by atoms with Gasteiger partial charge in [-0.3, -0.25) is 9.59 Å². The van der Waals surface area contributed by atoms with Crippen LogP contribution in [-0.4, -0.2) is 43.3 Å². The van der Waals surface area contributed by atoms with Crippen LogP contribution in [0.2, 0.25) is 0 Å². The summed E-state index contributed by atoms with van der Waals surface area (Å²) in [5.41, 5.74) is 1.71. The van der Waals surface area contributed by atoms with E-state index in [1.165, 1.54) is 0 Å². The van der Waals surface area contributed by atoms with E-state index in [4.69, 9.17) is 0 Å². The minimum atomic E-state index is -0.0324. The lowest BCUT2D eigenvalue weighted by Crippen LogP contribution is -2.40. The van der Waals surface area contributed by atoms with E-state index in [0.29, 0.717) is 5.56 Å². The van der Waals surface area contributed by atoms with E-state index in [1.807, 2.05) is 25.1 Å². The summed E-state index contributed by atoms with van der Waals surface area (Å²) in [6, 6.07) is 7.45. The molecule has 20 heavy (non-hydrogen) atoms. The van der Waals surface area contributed by atoms with Crippen LogP contribution in [0.1, 0.15) is 28.8 Å². The van der Waals surface area contributed by atoms with Gasteiger partial charge in [0.2, 0.25) is 5.91 Å². The van der Waals surface area contributed by atoms with Crippen molar-refractivity contribution >= 4 is 11.7 Å². The maximum atomic E-state index is 12.0. The van der Waals surface area contributed by atoms with Crippen LogP contribution in [0.5, 0.6) is 0 Å². The van der Waals surface area contributed by atoms with Crippen LogP contribution in [0, 0.1) is 12.8 Å². The highest BCUT2D eigenvalue weighted by Gasteiger charge is 2.23. The minimum Gasteiger partial charge on any atom is -0.348 e. The van der Waals surface area contributed by atoms with Gasteiger partial charge >= 0.3 is 0 Å². The average molecular weight is 274 g/mol. The average Bonchev–Trinajstić information content (AvgIpc) is 2.45. The molecule has 0 spiro atoms. The Hall–Kier alpha value is -1.68. The summed E-state index contributed by atoms with van der Waals surface area (Å²) in [5, 5.41) is 2.78. The van der Waals surface area contributed by atoms with E-state index in [1.54, 1.807) is 6.07 Å². The number of aryl methyl sites for hydroxylation is 1. The first-order chi connectivity index (χ1) is 9.56. The largest absolute Gasteiger partial charge is 0.348 e. The Kier molecular flexibility index (Phi) is 4.90. The molecular formula is C16H22N2O2. The molecule has 1 aliphatic rings. The topological polar surface area (TPSA) is 49.4 Å². The summed E-state index contributed by atoms with van der Waals surface area (Å²) in [4.78, 5) is 26.3. The van der Waals surface area contributed by atoms with E-state index in [-0.39, 0.29) is 24.2 Å². The molecule has 1 saturated heterocycles. The molecule has 0 saturated carbocycles. The fourth-order valence-corrected chi connectivity index (χ4v) is 2.50. The number of benzene rings is 1. The number of nitrogens with one attached hydrogen (secondary N) is 1. The SMILES string of the molecule is Cc1cccc(C(=O)CNC(=O)C2CCN(C)CC2)c1. The van der Waals surface area contributed by atoms with Gasteiger partial charge in [-0.15, -0.1) is 0 Å². The lowest BCUT2D eigenvalue weighted by atomic mass is 9.96. The normalized spacial score (nSPS) is 16.9. The summed E-state index contributed by atoms with van der Waals surface area (Å²) >= 11 is 0. The van der Waals surface area contributed by atoms with Gasteiger partial charge in [-0.05, 0) is 46.0 Å². The van der Waals surface area contributed by atoms with Gasteiger partial charge < -0.3 is 10.2 Å². The Morgan fingerprint density at radius 3 is 2.65 bits per heavy atom. The maximum Gasteiger partial charge on any atom is 0.223 e. The van der Waals surface area contributed by atoms with Crippen molar-refractivity contribution in [3.63, 3.8) is 0 Å². The summed E-state index contributed by atoms with van der Waals surface area (Å²) in [6.45, 7) is 3.94. The van der Waals surface area contributed by atoms with Gasteiger partial charge in [-0.25, -0.2) is 0 Å². The minimum absolute atomic E-state index is 0.0131. The second-order valence-corrected chi connectivity index (χ2v) is 5.59. The molecule has 4 nitrogen and oxygen atoms in total. The molecule has 1 fully saturated rings. The molecule has 1 aliphatic heterocycles. The maximum absolute atomic E-state index is 12.0. The highest BCUT2D eigenvalue weighted by Crippen LogP contribution is 2.15. The predicted molar refractivity (Wildman–Crippen MR) is 78.7 cm³/mol. The number of hydrogen-bond donors (Lipinski definition) is 1. The summed E-state index contributed by atoms with van der Waals surface area (Å²) in [7, 11) is 2.06. The third-order valence-electron chi connectivity index (χ3n) is 3.85. The van der Waals surface area contributed by atoms with Crippen molar-refractivity contribution in [2.75, 3.05) is 26.7 Å². The molecule has 0 atom stereocenters. The number of Topliss-reactive ketones (excluding diaryl/α,β-unsaturated/α-hetero) is 1. The Labute approximate surface area is 120 Å². The van der Waals surface area contributed by atoms with Gasteiger partial charge in [0.1, 0.15) is 0 Å². The number of likely N-dealkylation sites (tertiary alicyclic amines) is 1. The van der Waals surface area contributed by atoms with Gasteiger partial charge in [0.25, 0.3) is 0 Å². The van der Waals surface area contributed by atoms with E-state index < -0.39 is 0 Å². The second-order valence-electron chi connectivity index (χ2n) is 5.59. The van der Waals surface area contributed by atoms with Gasteiger partial charge in [0.15, 0.2) is 5.78 Å². The van der Waals surface area contributed by atoms with E-state index >= 15 is 0 Å². The fraction of sp³-hybridized carbons (Fsp3) is 0.500. The number of nitrogens with zero attached hydrogens (tertiary/aromatic N) is 1. The van der Waals surface area contributed by atoms with Crippen LogP contribution >= 0.6 is 0 Å². The summed E-state index contributed by atoms with van der Waals surface area (Å²) in [5.74, 6) is 0.0330. The highest BCUT2D eigenvalue weighted by molar-refractivity contribution is 5.99. The van der Waals surface area contributed by atoms with Crippen LogP contribution in [0.15, 0.2) is 24.3 Å². The van der Waals surface area contributed by atoms with Crippen molar-refractivity contribution in [3.05, 3.63) is 35.4 Å². The molecule has 0 aliphatic carbocycles. The Morgan fingerprint density at radius 1 is 1.30 bits per heavy atom. The lowest BCUT2D eigenvalue weighted by molar-refractivity contribution is -0.126. The summed E-state index contributed by atoms with van der Waals surface area (Å²) in [6.07, 6.45) is 1.75. The molecule has 0 aromatic heterocycles. The molecule has 1 aromatic rings. The molecule has 2 rings (SSSR count). The van der Waals surface area contributed by atoms with E-state index in [9.17, 15) is 9.59 Å².